The maximum Gasteiger partial charge on any atom is 0.265 e. The van der Waals surface area contributed by atoms with Gasteiger partial charge in [0.05, 0.1) is 32.3 Å². The Morgan fingerprint density at radius 1 is 0.607 bits per heavy atom. The van der Waals surface area contributed by atoms with E-state index in [9.17, 15) is 9.59 Å². The van der Waals surface area contributed by atoms with Crippen LogP contribution in [-0.4, -0.2) is 26.4 Å². The molecule has 0 saturated carbocycles. The van der Waals surface area contributed by atoms with Crippen LogP contribution < -0.4 is 0 Å². The lowest BCUT2D eigenvalue weighted by Gasteiger charge is -2.24. The van der Waals surface area contributed by atoms with E-state index in [-0.39, 0.29) is 22.0 Å². The van der Waals surface area contributed by atoms with Crippen LogP contribution in [0.5, 0.6) is 0 Å². The lowest BCUT2D eigenvalue weighted by atomic mass is 9.87. The first kappa shape index (κ1) is 47.6. The van der Waals surface area contributed by atoms with Gasteiger partial charge < -0.3 is 0 Å². The van der Waals surface area contributed by atoms with Crippen LogP contribution in [0.25, 0.3) is 28.5 Å². The zero-order valence-corrected chi connectivity index (χ0v) is 41.6. The third kappa shape index (κ3) is 11.1. The predicted octanol–water partition coefficient (Wildman–Crippen LogP) is 16.9. The Morgan fingerprint density at radius 3 is 1.44 bits per heavy atom. The highest BCUT2D eigenvalue weighted by Gasteiger charge is 2.51. The van der Waals surface area contributed by atoms with Crippen LogP contribution in [0.3, 0.4) is 0 Å². The molecule has 332 valence electrons. The lowest BCUT2D eigenvalue weighted by Crippen LogP contribution is -2.26. The predicted molar refractivity (Wildman–Crippen MR) is 270 cm³/mol. The van der Waals surface area contributed by atoms with Gasteiger partial charge in [-0.1, -0.05) is 184 Å². The van der Waals surface area contributed by atoms with Crippen LogP contribution in [0.1, 0.15) is 226 Å². The van der Waals surface area contributed by atoms with Gasteiger partial charge in [0.15, 0.2) is 0 Å². The number of thioether (sulfide) groups is 1. The largest absolute Gasteiger partial charge is 0.281 e. The van der Waals surface area contributed by atoms with Crippen LogP contribution in [0, 0.1) is 0 Å². The summed E-state index contributed by atoms with van der Waals surface area (Å²) in [5.41, 5.74) is 7.82. The number of rotatable bonds is 25. The third-order valence-electron chi connectivity index (χ3n) is 12.5. The number of hydrogen-bond donors (Lipinski definition) is 0. The Balaban J connectivity index is 1.30. The topological polar surface area (TPSA) is 40.6 Å². The molecule has 0 fully saturated rings. The molecular weight excluding hydrogens is 805 g/mol. The van der Waals surface area contributed by atoms with Gasteiger partial charge in [-0.2, -0.15) is 0 Å². The molecule has 0 spiro atoms. The maximum absolute atomic E-state index is 14.7. The van der Waals surface area contributed by atoms with Crippen LogP contribution >= 0.6 is 34.4 Å². The summed E-state index contributed by atoms with van der Waals surface area (Å²) in [6, 6.07) is 0. The van der Waals surface area contributed by atoms with Crippen molar-refractivity contribution in [1.29, 1.82) is 0 Å². The van der Waals surface area contributed by atoms with Crippen molar-refractivity contribution >= 4 is 74.7 Å². The van der Waals surface area contributed by atoms with Crippen molar-refractivity contribution in [2.24, 2.45) is 0 Å². The van der Waals surface area contributed by atoms with Gasteiger partial charge in [-0.15, -0.1) is 34.4 Å². The van der Waals surface area contributed by atoms with Gasteiger partial charge in [0.1, 0.15) is 0 Å². The van der Waals surface area contributed by atoms with E-state index in [1.807, 2.05) is 41.6 Å². The number of hydrogen-bond acceptors (Lipinski definition) is 5. The van der Waals surface area contributed by atoms with E-state index < -0.39 is 0 Å². The first-order valence-corrected chi connectivity index (χ1v) is 26.6. The number of fused-ring (bicyclic) bond motifs is 7. The number of amides is 2. The molecule has 6 heterocycles. The number of carbonyl (C=O) groups is 2. The lowest BCUT2D eigenvalue weighted by molar-refractivity contribution is -0.122. The van der Waals surface area contributed by atoms with E-state index in [2.05, 4.69) is 80.2 Å². The van der Waals surface area contributed by atoms with Crippen molar-refractivity contribution in [3.8, 4) is 0 Å². The summed E-state index contributed by atoms with van der Waals surface area (Å²) in [6.07, 6.45) is 40.5. The number of allylic oxidation sites excluding steroid dienone is 2. The average molecular weight is 881 g/mol. The molecular formula is C54H76N2O2S3. The molecule has 2 aromatic rings. The minimum absolute atomic E-state index is 0.00583. The molecule has 0 aromatic carbocycles. The van der Waals surface area contributed by atoms with Gasteiger partial charge in [-0.25, -0.2) is 0 Å². The summed E-state index contributed by atoms with van der Waals surface area (Å²) in [4.78, 5) is 39.0. The second-order valence-corrected chi connectivity index (χ2v) is 23.7. The number of thiophene rings is 2. The van der Waals surface area contributed by atoms with Gasteiger partial charge in [0.2, 0.25) is 0 Å². The van der Waals surface area contributed by atoms with Gasteiger partial charge >= 0.3 is 0 Å². The first-order valence-electron chi connectivity index (χ1n) is 24.2. The molecule has 2 amide bonds. The van der Waals surface area contributed by atoms with Gasteiger partial charge in [0.25, 0.3) is 11.8 Å². The highest BCUT2D eigenvalue weighted by Crippen LogP contribution is 2.56. The Hall–Kier alpha value is -2.87. The van der Waals surface area contributed by atoms with Crippen LogP contribution in [-0.2, 0) is 27.8 Å². The van der Waals surface area contributed by atoms with E-state index in [4.69, 9.17) is 0 Å². The molecule has 0 atom stereocenters. The van der Waals surface area contributed by atoms with E-state index in [1.54, 1.807) is 21.1 Å². The zero-order chi connectivity index (χ0) is 43.7. The van der Waals surface area contributed by atoms with E-state index in [0.29, 0.717) is 11.1 Å². The van der Waals surface area contributed by atoms with Gasteiger partial charge in [-0.3, -0.25) is 19.4 Å². The van der Waals surface area contributed by atoms with Gasteiger partial charge in [-0.05, 0) is 71.6 Å². The minimum atomic E-state index is -0.0851. The van der Waals surface area contributed by atoms with Crippen molar-refractivity contribution < 1.29 is 9.59 Å². The molecule has 0 aliphatic carbocycles. The first-order chi connectivity index (χ1) is 29.3. The second-order valence-electron chi connectivity index (χ2n) is 19.8. The van der Waals surface area contributed by atoms with Crippen LogP contribution in [0.15, 0.2) is 42.3 Å². The van der Waals surface area contributed by atoms with Crippen LogP contribution in [0.4, 0.5) is 0 Å². The molecule has 7 heteroatoms. The van der Waals surface area contributed by atoms with Crippen molar-refractivity contribution in [2.75, 3.05) is 0 Å². The molecule has 0 unspecified atom stereocenters. The fraction of sp³-hybridized carbons (Fsp3) is 0.593. The molecule has 0 saturated heterocycles. The fourth-order valence-electron chi connectivity index (χ4n) is 9.50. The SMILES string of the molecule is C=C/C=C(\SC(C)(C)C)c1sc2c(c1CCCCCCCCCCCC)C=CN1C(=O)C3=C4c5sc(C(C)(C)C)c(CCCCCCCCCCCC)c5C=CN4C(=O)C3=C21. The quantitative estimate of drug-likeness (QED) is 0.0737. The number of unbranched alkanes of at least 4 members (excludes halogenated alkanes) is 18. The third-order valence-corrected chi connectivity index (χ3v) is 16.8. The van der Waals surface area contributed by atoms with Gasteiger partial charge in [0, 0.05) is 31.8 Å². The molecule has 2 aromatic heterocycles. The smallest absolute Gasteiger partial charge is 0.265 e. The number of carbonyl (C=O) groups excluding carboxylic acids is 2. The standard InChI is InChI=1S/C54H76N2O2S3/c1-10-13-15-17-19-21-23-25-27-29-32-38-39-34-36-55-45(48(39)59-47(38)42(31-12-3)61-54(7,8)9)43-44(52(55)58)46-49-40(35-37-56(46)51(43)57)41(50(60-49)53(4,5)6)33-30-28-26-24-22-20-18-16-14-11-2/h12,31,34-37H,3,10-11,13-30,32-33H2,1-2,4-9H3/b42-31-. The van der Waals surface area contributed by atoms with E-state index >= 15 is 0 Å². The van der Waals surface area contributed by atoms with Crippen molar-refractivity contribution in [3.63, 3.8) is 0 Å². The highest BCUT2D eigenvalue weighted by atomic mass is 32.2. The Labute approximate surface area is 382 Å². The van der Waals surface area contributed by atoms with Crippen molar-refractivity contribution in [2.45, 2.75) is 207 Å². The van der Waals surface area contributed by atoms with Crippen LogP contribution in [0.2, 0.25) is 0 Å². The summed E-state index contributed by atoms with van der Waals surface area (Å²) in [6.45, 7) is 22.4. The molecule has 0 bridgehead atoms. The molecule has 4 aliphatic heterocycles. The average Bonchev–Trinajstić information content (AvgIpc) is 3.94. The maximum atomic E-state index is 14.7. The molecule has 4 nitrogen and oxygen atoms in total. The molecule has 0 N–H and O–H groups in total. The molecule has 6 rings (SSSR count). The van der Waals surface area contributed by atoms with E-state index in [1.165, 1.54) is 152 Å². The molecule has 0 radical (unpaired) electrons. The summed E-state index contributed by atoms with van der Waals surface area (Å²) in [7, 11) is 0. The number of nitrogens with zero attached hydrogens (tertiary/aromatic N) is 2. The Kier molecular flexibility index (Phi) is 16.9. The summed E-state index contributed by atoms with van der Waals surface area (Å²) in [5, 5.41) is 0. The minimum Gasteiger partial charge on any atom is -0.281 e. The summed E-state index contributed by atoms with van der Waals surface area (Å²) in [5.74, 6) is -0.170. The zero-order valence-electron chi connectivity index (χ0n) is 39.2. The van der Waals surface area contributed by atoms with Crippen molar-refractivity contribution in [3.05, 3.63) is 84.0 Å². The Morgan fingerprint density at radius 2 is 1.02 bits per heavy atom. The second kappa shape index (κ2) is 21.7. The fourth-order valence-corrected chi connectivity index (χ4v) is 13.5. The monoisotopic (exact) mass is 881 g/mol. The molecule has 61 heavy (non-hydrogen) atoms. The van der Waals surface area contributed by atoms with E-state index in [0.717, 1.165) is 46.8 Å². The Bertz CT molecular complexity index is 2050. The summed E-state index contributed by atoms with van der Waals surface area (Å²) < 4.78 is 0.00583. The highest BCUT2D eigenvalue weighted by molar-refractivity contribution is 8.09. The molecule has 4 aliphatic rings. The normalized spacial score (nSPS) is 16.0. The summed E-state index contributed by atoms with van der Waals surface area (Å²) >= 11 is 5.45. The van der Waals surface area contributed by atoms with Crippen molar-refractivity contribution in [1.82, 2.24) is 9.80 Å².